The number of benzene rings is 1. The average Bonchev–Trinajstić information content (AvgIpc) is 2.64. The third-order valence-corrected chi connectivity index (χ3v) is 5.66. The van der Waals surface area contributed by atoms with Gasteiger partial charge in [0.15, 0.2) is 0 Å². The predicted octanol–water partition coefficient (Wildman–Crippen LogP) is 4.32. The van der Waals surface area contributed by atoms with Crippen LogP contribution in [-0.2, 0) is 10.0 Å². The summed E-state index contributed by atoms with van der Waals surface area (Å²) in [5, 5.41) is 3.30. The van der Waals surface area contributed by atoms with Gasteiger partial charge < -0.3 is 5.32 Å². The second kappa shape index (κ2) is 8.31. The Morgan fingerprint density at radius 2 is 1.88 bits per heavy atom. The first-order valence-corrected chi connectivity index (χ1v) is 10.2. The van der Waals surface area contributed by atoms with E-state index in [9.17, 15) is 12.8 Å². The average molecular weight is 375 g/mol. The lowest BCUT2D eigenvalue weighted by Gasteiger charge is -2.13. The Kier molecular flexibility index (Phi) is 5.88. The number of rotatable bonds is 7. The quantitative estimate of drug-likeness (QED) is 0.707. The van der Waals surface area contributed by atoms with Crippen LogP contribution in [0.1, 0.15) is 32.1 Å². The molecule has 26 heavy (non-hydrogen) atoms. The molecule has 0 unspecified atom stereocenters. The molecule has 0 saturated heterocycles. The number of hydrogen-bond acceptors (Lipinski definition) is 4. The summed E-state index contributed by atoms with van der Waals surface area (Å²) in [5.74, 6) is -0.267. The number of nitrogens with zero attached hydrogens (tertiary/aromatic N) is 1. The lowest BCUT2D eigenvalue weighted by atomic mass is 9.97. The first kappa shape index (κ1) is 18.4. The Hall–Kier alpha value is -2.41. The van der Waals surface area contributed by atoms with Gasteiger partial charge in [-0.3, -0.25) is 4.72 Å². The highest BCUT2D eigenvalue weighted by molar-refractivity contribution is 7.92. The topological polar surface area (TPSA) is 71.1 Å². The molecule has 1 heterocycles. The van der Waals surface area contributed by atoms with E-state index in [0.717, 1.165) is 30.8 Å². The van der Waals surface area contributed by atoms with Crippen LogP contribution in [0.4, 0.5) is 15.9 Å². The molecule has 0 fully saturated rings. The monoisotopic (exact) mass is 375 g/mol. The SMILES string of the molecule is O=S(=O)(Nc1ccc(NCCC2=CCCCC2)cn1)c1ccc(F)cc1. The Morgan fingerprint density at radius 1 is 1.08 bits per heavy atom. The highest BCUT2D eigenvalue weighted by atomic mass is 32.2. The van der Waals surface area contributed by atoms with Crippen molar-refractivity contribution >= 4 is 21.5 Å². The standard InChI is InChI=1S/C19H22FN3O2S/c20-16-6-9-18(10-7-16)26(24,25)23-19-11-8-17(14-22-19)21-13-12-15-4-2-1-3-5-15/h4,6-11,14,21H,1-3,5,12-13H2,(H,22,23). The normalized spacial score (nSPS) is 14.6. The highest BCUT2D eigenvalue weighted by Gasteiger charge is 2.14. The number of sulfonamides is 1. The smallest absolute Gasteiger partial charge is 0.263 e. The molecule has 1 aromatic heterocycles. The van der Waals surface area contributed by atoms with E-state index in [1.165, 1.54) is 43.4 Å². The van der Waals surface area contributed by atoms with Crippen molar-refractivity contribution in [2.45, 2.75) is 37.0 Å². The fourth-order valence-electron chi connectivity index (χ4n) is 2.87. The molecule has 0 aliphatic heterocycles. The Morgan fingerprint density at radius 3 is 2.54 bits per heavy atom. The summed E-state index contributed by atoms with van der Waals surface area (Å²) in [5.41, 5.74) is 2.34. The van der Waals surface area contributed by atoms with E-state index in [1.807, 2.05) is 0 Å². The molecule has 2 N–H and O–H groups in total. The van der Waals surface area contributed by atoms with Crippen molar-refractivity contribution < 1.29 is 12.8 Å². The van der Waals surface area contributed by atoms with Crippen LogP contribution in [-0.4, -0.2) is 19.9 Å². The fraction of sp³-hybridized carbons (Fsp3) is 0.316. The number of pyridine rings is 1. The second-order valence-corrected chi connectivity index (χ2v) is 7.96. The first-order chi connectivity index (χ1) is 12.5. The van der Waals surface area contributed by atoms with E-state index in [-0.39, 0.29) is 10.7 Å². The zero-order valence-electron chi connectivity index (χ0n) is 14.4. The number of allylic oxidation sites excluding steroid dienone is 1. The van der Waals surface area contributed by atoms with Crippen LogP contribution in [0, 0.1) is 5.82 Å². The van der Waals surface area contributed by atoms with E-state index in [4.69, 9.17) is 0 Å². The zero-order valence-corrected chi connectivity index (χ0v) is 15.2. The van der Waals surface area contributed by atoms with Gasteiger partial charge in [0.2, 0.25) is 0 Å². The summed E-state index contributed by atoms with van der Waals surface area (Å²) in [6.45, 7) is 0.828. The summed E-state index contributed by atoms with van der Waals surface area (Å²) < 4.78 is 39.8. The second-order valence-electron chi connectivity index (χ2n) is 6.28. The molecule has 5 nitrogen and oxygen atoms in total. The maximum Gasteiger partial charge on any atom is 0.263 e. The lowest BCUT2D eigenvalue weighted by Crippen LogP contribution is -2.14. The van der Waals surface area contributed by atoms with Gasteiger partial charge in [-0.05, 0) is 68.5 Å². The minimum atomic E-state index is -3.78. The molecule has 0 spiro atoms. The molecular weight excluding hydrogens is 353 g/mol. The van der Waals surface area contributed by atoms with Crippen LogP contribution in [0.15, 0.2) is 59.1 Å². The fourth-order valence-corrected chi connectivity index (χ4v) is 3.88. The van der Waals surface area contributed by atoms with Gasteiger partial charge in [-0.1, -0.05) is 11.6 Å². The number of aromatic nitrogens is 1. The van der Waals surface area contributed by atoms with E-state index >= 15 is 0 Å². The van der Waals surface area contributed by atoms with Crippen molar-refractivity contribution in [3.63, 3.8) is 0 Å². The van der Waals surface area contributed by atoms with E-state index < -0.39 is 15.8 Å². The lowest BCUT2D eigenvalue weighted by molar-refractivity contribution is 0.599. The van der Waals surface area contributed by atoms with Crippen molar-refractivity contribution in [1.29, 1.82) is 0 Å². The van der Waals surface area contributed by atoms with Crippen LogP contribution in [0.5, 0.6) is 0 Å². The number of anilines is 2. The number of nitrogens with one attached hydrogen (secondary N) is 2. The predicted molar refractivity (Wildman–Crippen MR) is 101 cm³/mol. The summed E-state index contributed by atoms with van der Waals surface area (Å²) in [6, 6.07) is 8.03. The molecule has 1 aliphatic rings. The molecule has 0 bridgehead atoms. The van der Waals surface area contributed by atoms with Gasteiger partial charge in [0, 0.05) is 6.54 Å². The molecule has 1 aromatic carbocycles. The molecule has 138 valence electrons. The van der Waals surface area contributed by atoms with Crippen LogP contribution in [0.25, 0.3) is 0 Å². The Balaban J connectivity index is 1.55. The third-order valence-electron chi connectivity index (χ3n) is 4.29. The number of hydrogen-bond donors (Lipinski definition) is 2. The molecule has 0 radical (unpaired) electrons. The zero-order chi connectivity index (χ0) is 18.4. The van der Waals surface area contributed by atoms with E-state index in [0.29, 0.717) is 0 Å². The molecular formula is C19H22FN3O2S. The van der Waals surface area contributed by atoms with Gasteiger partial charge in [-0.2, -0.15) is 0 Å². The summed E-state index contributed by atoms with van der Waals surface area (Å²) >= 11 is 0. The molecule has 0 saturated carbocycles. The number of halogens is 1. The molecule has 1 aliphatic carbocycles. The van der Waals surface area contributed by atoms with Crippen LogP contribution >= 0.6 is 0 Å². The van der Waals surface area contributed by atoms with Gasteiger partial charge in [0.05, 0.1) is 16.8 Å². The highest BCUT2D eigenvalue weighted by Crippen LogP contribution is 2.20. The Bertz CT molecular complexity index is 863. The molecule has 2 aromatic rings. The maximum atomic E-state index is 12.9. The van der Waals surface area contributed by atoms with Crippen molar-refractivity contribution in [1.82, 2.24) is 4.98 Å². The molecule has 7 heteroatoms. The van der Waals surface area contributed by atoms with Crippen molar-refractivity contribution in [2.75, 3.05) is 16.6 Å². The van der Waals surface area contributed by atoms with Gasteiger partial charge in [-0.25, -0.2) is 17.8 Å². The first-order valence-electron chi connectivity index (χ1n) is 8.69. The van der Waals surface area contributed by atoms with E-state index in [2.05, 4.69) is 21.1 Å². The molecule has 0 atom stereocenters. The maximum absolute atomic E-state index is 12.9. The van der Waals surface area contributed by atoms with Gasteiger partial charge in [0.1, 0.15) is 11.6 Å². The van der Waals surface area contributed by atoms with Crippen molar-refractivity contribution in [3.05, 3.63) is 60.1 Å². The minimum Gasteiger partial charge on any atom is -0.383 e. The molecule has 3 rings (SSSR count). The van der Waals surface area contributed by atoms with Crippen molar-refractivity contribution in [3.8, 4) is 0 Å². The van der Waals surface area contributed by atoms with E-state index in [1.54, 1.807) is 18.3 Å². The van der Waals surface area contributed by atoms with Crippen LogP contribution in [0.2, 0.25) is 0 Å². The Labute approximate surface area is 153 Å². The molecule has 0 amide bonds. The summed E-state index contributed by atoms with van der Waals surface area (Å²) in [7, 11) is -3.78. The van der Waals surface area contributed by atoms with Crippen molar-refractivity contribution in [2.24, 2.45) is 0 Å². The van der Waals surface area contributed by atoms with Gasteiger partial charge in [0.25, 0.3) is 10.0 Å². The van der Waals surface area contributed by atoms with Gasteiger partial charge in [-0.15, -0.1) is 0 Å². The van der Waals surface area contributed by atoms with Crippen LogP contribution in [0.3, 0.4) is 0 Å². The van der Waals surface area contributed by atoms with Gasteiger partial charge >= 0.3 is 0 Å². The summed E-state index contributed by atoms with van der Waals surface area (Å²) in [4.78, 5) is 4.12. The largest absolute Gasteiger partial charge is 0.383 e. The summed E-state index contributed by atoms with van der Waals surface area (Å²) in [6.07, 6.45) is 9.86. The minimum absolute atomic E-state index is 0.0105. The van der Waals surface area contributed by atoms with Crippen LogP contribution < -0.4 is 10.0 Å². The third kappa shape index (κ3) is 5.05.